The molecule has 352 valence electrons. The molecular formula is C47H48N10O9S2. The van der Waals surface area contributed by atoms with E-state index in [1.54, 1.807) is 23.0 Å². The van der Waals surface area contributed by atoms with Crippen molar-refractivity contribution in [2.45, 2.75) is 57.8 Å². The third kappa shape index (κ3) is 10.3. The highest BCUT2D eigenvalue weighted by atomic mass is 32.1. The second-order valence-corrected chi connectivity index (χ2v) is 18.3. The van der Waals surface area contributed by atoms with Crippen LogP contribution in [0.4, 0.5) is 16.0 Å². The van der Waals surface area contributed by atoms with E-state index >= 15 is 0 Å². The summed E-state index contributed by atoms with van der Waals surface area (Å²) in [5, 5.41) is 28.1. The smallest absolute Gasteiger partial charge is 0.355 e. The molecule has 1 fully saturated rings. The number of aromatic nitrogens is 5. The summed E-state index contributed by atoms with van der Waals surface area (Å²) in [4.78, 5) is 76.6. The van der Waals surface area contributed by atoms with Gasteiger partial charge in [0.15, 0.2) is 16.0 Å². The third-order valence-electron chi connectivity index (χ3n) is 11.7. The Morgan fingerprint density at radius 2 is 1.74 bits per heavy atom. The molecule has 0 aliphatic carbocycles. The number of benzene rings is 3. The number of rotatable bonds is 21. The molecule has 0 bridgehead atoms. The van der Waals surface area contributed by atoms with Crippen LogP contribution in [-0.4, -0.2) is 117 Å². The predicted molar refractivity (Wildman–Crippen MR) is 254 cm³/mol. The molecule has 3 aromatic heterocycles. The number of nitrogens with one attached hydrogen (secondary N) is 3. The third-order valence-corrected chi connectivity index (χ3v) is 13.9. The molecule has 4 amide bonds. The number of carbonyl (C=O) groups is 5. The van der Waals surface area contributed by atoms with Gasteiger partial charge in [-0.2, -0.15) is 0 Å². The lowest BCUT2D eigenvalue weighted by atomic mass is 9.94. The Bertz CT molecular complexity index is 2860. The monoisotopic (exact) mass is 960 g/mol. The van der Waals surface area contributed by atoms with Crippen LogP contribution >= 0.6 is 22.7 Å². The normalized spacial score (nSPS) is 15.7. The average Bonchev–Trinajstić information content (AvgIpc) is 4.13. The first-order valence-corrected chi connectivity index (χ1v) is 23.9. The highest BCUT2D eigenvalue weighted by molar-refractivity contribution is 7.22. The topological polar surface area (TPSA) is 232 Å². The van der Waals surface area contributed by atoms with Crippen LogP contribution in [0.15, 0.2) is 73.4 Å². The van der Waals surface area contributed by atoms with Crippen molar-refractivity contribution in [2.24, 2.45) is 0 Å². The van der Waals surface area contributed by atoms with E-state index in [-0.39, 0.29) is 42.9 Å². The Labute approximate surface area is 398 Å². The molecule has 3 aliphatic heterocycles. The van der Waals surface area contributed by atoms with E-state index in [4.69, 9.17) is 14.2 Å². The number of aryl methyl sites for hydroxylation is 2. The maximum atomic E-state index is 13.5. The number of amides is 4. The fourth-order valence-electron chi connectivity index (χ4n) is 8.45. The number of para-hydroxylation sites is 1. The summed E-state index contributed by atoms with van der Waals surface area (Å²) in [6, 6.07) is 18.1. The summed E-state index contributed by atoms with van der Waals surface area (Å²) in [7, 11) is 0. The number of anilines is 3. The quantitative estimate of drug-likeness (QED) is 0.0524. The van der Waals surface area contributed by atoms with Crippen LogP contribution < -0.4 is 20.9 Å². The van der Waals surface area contributed by atoms with E-state index in [1.807, 2.05) is 53.4 Å². The molecule has 6 aromatic rings. The summed E-state index contributed by atoms with van der Waals surface area (Å²) in [6.07, 6.45) is 4.00. The second-order valence-electron chi connectivity index (χ2n) is 16.2. The molecule has 68 heavy (non-hydrogen) atoms. The zero-order valence-electron chi connectivity index (χ0n) is 36.9. The summed E-state index contributed by atoms with van der Waals surface area (Å²) >= 11 is 2.79. The van der Waals surface area contributed by atoms with Gasteiger partial charge in [-0.15, -0.1) is 16.4 Å². The van der Waals surface area contributed by atoms with Crippen molar-refractivity contribution in [2.75, 3.05) is 61.7 Å². The van der Waals surface area contributed by atoms with Crippen molar-refractivity contribution < 1.29 is 43.3 Å². The van der Waals surface area contributed by atoms with Crippen LogP contribution in [-0.2, 0) is 56.3 Å². The van der Waals surface area contributed by atoms with E-state index in [2.05, 4.69) is 42.8 Å². The average molecular weight is 961 g/mol. The number of ether oxygens (including phenoxy) is 3. The minimum absolute atomic E-state index is 0.0376. The minimum Gasteiger partial charge on any atom is -0.476 e. The van der Waals surface area contributed by atoms with Gasteiger partial charge in [-0.25, -0.2) is 14.8 Å². The van der Waals surface area contributed by atoms with Gasteiger partial charge in [0.2, 0.25) is 11.8 Å². The van der Waals surface area contributed by atoms with Crippen molar-refractivity contribution in [1.82, 2.24) is 35.2 Å². The number of fused-ring (bicyclic) bond motifs is 3. The second kappa shape index (κ2) is 20.9. The van der Waals surface area contributed by atoms with Gasteiger partial charge in [0.1, 0.15) is 11.7 Å². The molecule has 0 spiro atoms. The first kappa shape index (κ1) is 46.2. The maximum Gasteiger partial charge on any atom is 0.355 e. The molecular weight excluding hydrogens is 913 g/mol. The molecule has 1 atom stereocenters. The van der Waals surface area contributed by atoms with Crippen LogP contribution in [0.2, 0.25) is 0 Å². The van der Waals surface area contributed by atoms with Gasteiger partial charge >= 0.3 is 5.97 Å². The van der Waals surface area contributed by atoms with E-state index < -0.39 is 17.9 Å². The number of carboxylic acid groups (broad SMARTS) is 1. The molecule has 3 aliphatic rings. The number of carboxylic acids is 1. The largest absolute Gasteiger partial charge is 0.476 e. The first-order valence-electron chi connectivity index (χ1n) is 22.2. The highest BCUT2D eigenvalue weighted by Crippen LogP contribution is 2.39. The summed E-state index contributed by atoms with van der Waals surface area (Å²) < 4.78 is 19.8. The molecule has 0 radical (unpaired) electrons. The summed E-state index contributed by atoms with van der Waals surface area (Å²) in [5.41, 5.74) is 6.18. The molecule has 19 nitrogen and oxygen atoms in total. The van der Waals surface area contributed by atoms with Crippen LogP contribution in [0.3, 0.4) is 0 Å². The molecule has 0 saturated carbocycles. The molecule has 9 rings (SSSR count). The summed E-state index contributed by atoms with van der Waals surface area (Å²) in [6.45, 7) is 8.11. The number of aromatic carboxylic acids is 1. The SMILES string of the molecule is C=C1c2cccc(NCCOCCOCCOCc3cn(CCCc4sc(N5CCc6cccc(C(=O)Nc7nc8ccccc8s7)c6C5)nc4C(=O)O)nn3)c2C(=O)N1C1CCC(=O)NC1=O. The molecule has 3 aromatic carbocycles. The molecule has 6 heterocycles. The van der Waals surface area contributed by atoms with Gasteiger partial charge in [0.05, 0.1) is 61.6 Å². The number of imide groups is 1. The van der Waals surface area contributed by atoms with Gasteiger partial charge in [-0.3, -0.25) is 39.4 Å². The maximum absolute atomic E-state index is 13.5. The fourth-order valence-corrected chi connectivity index (χ4v) is 10.4. The lowest BCUT2D eigenvalue weighted by Crippen LogP contribution is -2.52. The molecule has 21 heteroatoms. The standard InChI is InChI=1S/C47H48N10O9S2/c1-28-31-8-5-11-35(40(31)44(61)57(28)36-14-15-39(58)50-43(36)60)48-17-20-64-21-22-65-23-24-66-27-30-25-56(54-53-30)18-6-13-38-41(45(62)63)51-47(68-38)55-19-16-29-7-4-9-32(33(29)26-55)42(59)52-46-49-34-10-2-3-12-37(34)67-46/h2-5,7-12,25,36,48H,1,6,13-24,26-27H2,(H,62,63)(H,49,52,59)(H,50,58,60). The number of piperidine rings is 1. The van der Waals surface area contributed by atoms with Crippen LogP contribution in [0.1, 0.15) is 77.7 Å². The van der Waals surface area contributed by atoms with E-state index in [1.165, 1.54) is 27.6 Å². The van der Waals surface area contributed by atoms with Gasteiger partial charge in [0.25, 0.3) is 11.8 Å². The number of carbonyl (C=O) groups excluding carboxylic acids is 4. The Balaban J connectivity index is 0.664. The highest BCUT2D eigenvalue weighted by Gasteiger charge is 2.42. The van der Waals surface area contributed by atoms with Crippen molar-refractivity contribution in [3.8, 4) is 0 Å². The summed E-state index contributed by atoms with van der Waals surface area (Å²) in [5.74, 6) is -2.50. The number of hydrogen-bond donors (Lipinski definition) is 4. The zero-order chi connectivity index (χ0) is 47.1. The Morgan fingerprint density at radius 3 is 2.56 bits per heavy atom. The minimum atomic E-state index is -1.08. The van der Waals surface area contributed by atoms with E-state index in [0.717, 1.165) is 21.3 Å². The number of hydrogen-bond acceptors (Lipinski definition) is 16. The van der Waals surface area contributed by atoms with Crippen LogP contribution in [0.5, 0.6) is 0 Å². The molecule has 4 N–H and O–H groups in total. The lowest BCUT2D eigenvalue weighted by Gasteiger charge is -2.30. The zero-order valence-corrected chi connectivity index (χ0v) is 38.5. The lowest BCUT2D eigenvalue weighted by molar-refractivity contribution is -0.136. The van der Waals surface area contributed by atoms with E-state index in [0.29, 0.717) is 127 Å². The molecule has 1 saturated heterocycles. The fraction of sp³-hybridized carbons (Fsp3) is 0.340. The van der Waals surface area contributed by atoms with Crippen LogP contribution in [0, 0.1) is 0 Å². The number of nitrogens with zero attached hydrogens (tertiary/aromatic N) is 7. The predicted octanol–water partition coefficient (Wildman–Crippen LogP) is 5.38. The Hall–Kier alpha value is -6.91. The van der Waals surface area contributed by atoms with Crippen LogP contribution in [0.25, 0.3) is 15.9 Å². The first-order chi connectivity index (χ1) is 33.1. The van der Waals surface area contributed by atoms with Gasteiger partial charge in [-0.05, 0) is 61.1 Å². The van der Waals surface area contributed by atoms with Crippen molar-refractivity contribution in [1.29, 1.82) is 0 Å². The Kier molecular flexibility index (Phi) is 14.2. The molecule has 1 unspecified atom stereocenters. The van der Waals surface area contributed by atoms with Crippen molar-refractivity contribution >= 4 is 84.1 Å². The van der Waals surface area contributed by atoms with Crippen molar-refractivity contribution in [3.63, 3.8) is 0 Å². The Morgan fingerprint density at radius 1 is 0.926 bits per heavy atom. The number of thiazole rings is 2. The van der Waals surface area contributed by atoms with Gasteiger partial charge < -0.3 is 29.5 Å². The van der Waals surface area contributed by atoms with Crippen molar-refractivity contribution in [3.05, 3.63) is 118 Å². The van der Waals surface area contributed by atoms with Gasteiger partial charge in [-0.1, -0.05) is 59.5 Å². The van der Waals surface area contributed by atoms with E-state index in [9.17, 15) is 29.1 Å². The van der Waals surface area contributed by atoms with Gasteiger partial charge in [0, 0.05) is 60.0 Å².